The van der Waals surface area contributed by atoms with E-state index in [0.717, 1.165) is 22.3 Å². The van der Waals surface area contributed by atoms with E-state index in [-0.39, 0.29) is 6.04 Å². The van der Waals surface area contributed by atoms with Crippen LogP contribution in [-0.2, 0) is 0 Å². The Morgan fingerprint density at radius 1 is 1.15 bits per heavy atom. The van der Waals surface area contributed by atoms with Gasteiger partial charge in [-0.15, -0.1) is 0 Å². The van der Waals surface area contributed by atoms with E-state index in [1.807, 2.05) is 42.5 Å². The Hall–Kier alpha value is -1.97. The van der Waals surface area contributed by atoms with Crippen LogP contribution in [0.4, 0.5) is 0 Å². The summed E-state index contributed by atoms with van der Waals surface area (Å²) in [4.78, 5) is 0. The number of fused-ring (bicyclic) bond motifs is 1. The van der Waals surface area contributed by atoms with Crippen molar-refractivity contribution in [3.8, 4) is 5.75 Å². The first-order valence-corrected chi connectivity index (χ1v) is 6.64. The summed E-state index contributed by atoms with van der Waals surface area (Å²) in [5, 5.41) is 1.62. The molecule has 0 aliphatic carbocycles. The number of benzene rings is 2. The van der Waals surface area contributed by atoms with Gasteiger partial charge >= 0.3 is 0 Å². The molecule has 2 aromatic carbocycles. The topological polar surface area (TPSA) is 48.4 Å². The first kappa shape index (κ1) is 13.0. The quantitative estimate of drug-likeness (QED) is 0.787. The molecule has 3 aromatic rings. The number of hydrogen-bond donors (Lipinski definition) is 1. The van der Waals surface area contributed by atoms with Gasteiger partial charge in [-0.1, -0.05) is 29.8 Å². The third kappa shape index (κ3) is 2.26. The summed E-state index contributed by atoms with van der Waals surface area (Å²) in [5.41, 5.74) is 7.95. The van der Waals surface area contributed by atoms with Gasteiger partial charge in [0.1, 0.15) is 17.1 Å². The molecular weight excluding hydrogens is 274 g/mol. The highest BCUT2D eigenvalue weighted by molar-refractivity contribution is 6.31. The number of nitrogens with two attached hydrogens (primary N) is 1. The molecule has 1 atom stereocenters. The minimum atomic E-state index is -0.377. The molecule has 1 aromatic heterocycles. The van der Waals surface area contributed by atoms with E-state index >= 15 is 0 Å². The SMILES string of the molecule is COc1ccccc1C(N)c1cc2cc(Cl)ccc2o1. The van der Waals surface area contributed by atoms with Crippen LogP contribution in [-0.4, -0.2) is 7.11 Å². The fourth-order valence-corrected chi connectivity index (χ4v) is 2.45. The van der Waals surface area contributed by atoms with Crippen molar-refractivity contribution in [1.29, 1.82) is 0 Å². The van der Waals surface area contributed by atoms with Gasteiger partial charge in [0.15, 0.2) is 0 Å². The number of hydrogen-bond acceptors (Lipinski definition) is 3. The third-order valence-corrected chi connectivity index (χ3v) is 3.51. The van der Waals surface area contributed by atoms with Crippen molar-refractivity contribution in [2.75, 3.05) is 7.11 Å². The second-order valence-electron chi connectivity index (χ2n) is 4.55. The molecule has 2 N–H and O–H groups in total. The Labute approximate surface area is 121 Å². The number of ether oxygens (including phenoxy) is 1. The van der Waals surface area contributed by atoms with Gasteiger partial charge < -0.3 is 14.9 Å². The van der Waals surface area contributed by atoms with Crippen molar-refractivity contribution in [2.24, 2.45) is 5.73 Å². The first-order chi connectivity index (χ1) is 9.69. The summed E-state index contributed by atoms with van der Waals surface area (Å²) >= 11 is 5.98. The molecule has 0 aliphatic heterocycles. The molecule has 0 spiro atoms. The van der Waals surface area contributed by atoms with Crippen molar-refractivity contribution < 1.29 is 9.15 Å². The third-order valence-electron chi connectivity index (χ3n) is 3.28. The van der Waals surface area contributed by atoms with E-state index in [4.69, 9.17) is 26.5 Å². The molecule has 0 aliphatic rings. The zero-order valence-electron chi connectivity index (χ0n) is 11.0. The number of rotatable bonds is 3. The van der Waals surface area contributed by atoms with E-state index in [1.54, 1.807) is 13.2 Å². The Morgan fingerprint density at radius 2 is 1.95 bits per heavy atom. The Kier molecular flexibility index (Phi) is 3.38. The highest BCUT2D eigenvalue weighted by atomic mass is 35.5. The fourth-order valence-electron chi connectivity index (χ4n) is 2.26. The molecule has 0 radical (unpaired) electrons. The second kappa shape index (κ2) is 5.19. The number of para-hydroxylation sites is 1. The van der Waals surface area contributed by atoms with E-state index in [0.29, 0.717) is 10.8 Å². The molecule has 4 heteroatoms. The van der Waals surface area contributed by atoms with Crippen molar-refractivity contribution in [2.45, 2.75) is 6.04 Å². The molecule has 3 nitrogen and oxygen atoms in total. The predicted octanol–water partition coefficient (Wildman–Crippen LogP) is 4.14. The average Bonchev–Trinajstić information content (AvgIpc) is 2.89. The van der Waals surface area contributed by atoms with Crippen molar-refractivity contribution >= 4 is 22.6 Å². The van der Waals surface area contributed by atoms with Crippen LogP contribution in [0.1, 0.15) is 17.4 Å². The molecule has 0 bridgehead atoms. The van der Waals surface area contributed by atoms with Crippen LogP contribution in [0.3, 0.4) is 0 Å². The van der Waals surface area contributed by atoms with Gasteiger partial charge in [-0.25, -0.2) is 0 Å². The highest BCUT2D eigenvalue weighted by Crippen LogP contribution is 2.32. The summed E-state index contributed by atoms with van der Waals surface area (Å²) < 4.78 is 11.1. The summed E-state index contributed by atoms with van der Waals surface area (Å²) in [6.07, 6.45) is 0. The molecule has 3 rings (SSSR count). The Balaban J connectivity index is 2.05. The zero-order chi connectivity index (χ0) is 14.1. The van der Waals surface area contributed by atoms with E-state index in [9.17, 15) is 0 Å². The zero-order valence-corrected chi connectivity index (χ0v) is 11.7. The van der Waals surface area contributed by atoms with E-state index in [1.165, 1.54) is 0 Å². The lowest BCUT2D eigenvalue weighted by molar-refractivity contribution is 0.404. The van der Waals surface area contributed by atoms with Crippen LogP contribution < -0.4 is 10.5 Å². The van der Waals surface area contributed by atoms with Gasteiger partial charge in [0.05, 0.1) is 13.2 Å². The monoisotopic (exact) mass is 287 g/mol. The summed E-state index contributed by atoms with van der Waals surface area (Å²) in [6.45, 7) is 0. The van der Waals surface area contributed by atoms with Gasteiger partial charge in [-0.3, -0.25) is 0 Å². The average molecular weight is 288 g/mol. The molecule has 0 amide bonds. The van der Waals surface area contributed by atoms with Gasteiger partial charge in [-0.2, -0.15) is 0 Å². The van der Waals surface area contributed by atoms with Gasteiger partial charge in [0.25, 0.3) is 0 Å². The van der Waals surface area contributed by atoms with Crippen LogP contribution in [0.15, 0.2) is 52.9 Å². The predicted molar refractivity (Wildman–Crippen MR) is 80.2 cm³/mol. The first-order valence-electron chi connectivity index (χ1n) is 6.26. The molecule has 102 valence electrons. The lowest BCUT2D eigenvalue weighted by Crippen LogP contribution is -2.12. The maximum atomic E-state index is 6.29. The highest BCUT2D eigenvalue weighted by Gasteiger charge is 2.17. The molecule has 1 heterocycles. The Morgan fingerprint density at radius 3 is 2.75 bits per heavy atom. The second-order valence-corrected chi connectivity index (χ2v) is 4.99. The van der Waals surface area contributed by atoms with Crippen molar-refractivity contribution in [3.05, 3.63) is 64.9 Å². The summed E-state index contributed by atoms with van der Waals surface area (Å²) in [6, 6.07) is 14.7. The van der Waals surface area contributed by atoms with Crippen molar-refractivity contribution in [3.63, 3.8) is 0 Å². The van der Waals surface area contributed by atoms with Gasteiger partial charge in [0.2, 0.25) is 0 Å². The van der Waals surface area contributed by atoms with Crippen LogP contribution in [0, 0.1) is 0 Å². The lowest BCUT2D eigenvalue weighted by atomic mass is 10.0. The molecule has 0 fully saturated rings. The fraction of sp³-hybridized carbons (Fsp3) is 0.125. The smallest absolute Gasteiger partial charge is 0.134 e. The minimum Gasteiger partial charge on any atom is -0.496 e. The lowest BCUT2D eigenvalue weighted by Gasteiger charge is -2.13. The molecule has 1 unspecified atom stereocenters. The van der Waals surface area contributed by atoms with E-state index < -0.39 is 0 Å². The van der Waals surface area contributed by atoms with E-state index in [2.05, 4.69) is 0 Å². The number of halogens is 1. The number of furan rings is 1. The minimum absolute atomic E-state index is 0.377. The van der Waals surface area contributed by atoms with Crippen LogP contribution >= 0.6 is 11.6 Å². The van der Waals surface area contributed by atoms with Crippen LogP contribution in [0.5, 0.6) is 5.75 Å². The standard InChI is InChI=1S/C16H14ClNO2/c1-19-14-5-3-2-4-12(14)16(18)15-9-10-8-11(17)6-7-13(10)20-15/h2-9,16H,18H2,1H3. The number of methoxy groups -OCH3 is 1. The largest absolute Gasteiger partial charge is 0.496 e. The molecular formula is C16H14ClNO2. The summed E-state index contributed by atoms with van der Waals surface area (Å²) in [7, 11) is 1.63. The molecule has 20 heavy (non-hydrogen) atoms. The molecule has 0 saturated heterocycles. The maximum Gasteiger partial charge on any atom is 0.134 e. The van der Waals surface area contributed by atoms with Gasteiger partial charge in [-0.05, 0) is 30.3 Å². The summed E-state index contributed by atoms with van der Waals surface area (Å²) in [5.74, 6) is 1.44. The van der Waals surface area contributed by atoms with Crippen LogP contribution in [0.25, 0.3) is 11.0 Å². The van der Waals surface area contributed by atoms with Crippen molar-refractivity contribution in [1.82, 2.24) is 0 Å². The van der Waals surface area contributed by atoms with Gasteiger partial charge in [0, 0.05) is 16.0 Å². The maximum absolute atomic E-state index is 6.29. The Bertz CT molecular complexity index is 751. The van der Waals surface area contributed by atoms with Crippen LogP contribution in [0.2, 0.25) is 5.02 Å². The normalized spacial score (nSPS) is 12.6. The molecule has 0 saturated carbocycles.